The van der Waals surface area contributed by atoms with Gasteiger partial charge in [-0.05, 0) is 74.2 Å². The Kier molecular flexibility index (Phi) is 6.41. The van der Waals surface area contributed by atoms with E-state index in [4.69, 9.17) is 4.74 Å². The van der Waals surface area contributed by atoms with E-state index in [1.807, 2.05) is 6.07 Å². The average molecular weight is 579 g/mol. The molecule has 2 N–H and O–H groups in total. The Balaban J connectivity index is 0.00000289. The van der Waals surface area contributed by atoms with Crippen molar-refractivity contribution in [3.63, 3.8) is 0 Å². The van der Waals surface area contributed by atoms with Gasteiger partial charge < -0.3 is 19.8 Å². The molecule has 6 nitrogen and oxygen atoms in total. The maximum Gasteiger partial charge on any atom is 0.416 e. The van der Waals surface area contributed by atoms with E-state index in [9.17, 15) is 28.2 Å². The van der Waals surface area contributed by atoms with E-state index >= 15 is 0 Å². The lowest BCUT2D eigenvalue weighted by Gasteiger charge is -2.64. The lowest BCUT2D eigenvalue weighted by molar-refractivity contribution is -0.200. The van der Waals surface area contributed by atoms with Gasteiger partial charge in [-0.3, -0.25) is 9.69 Å². The van der Waals surface area contributed by atoms with Crippen LogP contribution in [0.1, 0.15) is 54.4 Å². The number of benzene rings is 2. The predicted molar refractivity (Wildman–Crippen MR) is 144 cm³/mol. The van der Waals surface area contributed by atoms with Crippen LogP contribution in [0.5, 0.6) is 11.5 Å². The number of carbonyl (C=O) groups excluding carboxylic acids is 1. The van der Waals surface area contributed by atoms with Crippen LogP contribution in [0.3, 0.4) is 0 Å². The van der Waals surface area contributed by atoms with Gasteiger partial charge in [0.15, 0.2) is 11.5 Å². The van der Waals surface area contributed by atoms with Gasteiger partial charge in [0.25, 0.3) is 0 Å². The molecule has 2 heterocycles. The quantitative estimate of drug-likeness (QED) is 0.548. The molecule has 5 aliphatic rings. The van der Waals surface area contributed by atoms with Gasteiger partial charge in [-0.15, -0.1) is 12.4 Å². The van der Waals surface area contributed by atoms with E-state index < -0.39 is 34.9 Å². The van der Waals surface area contributed by atoms with Crippen molar-refractivity contribution in [3.8, 4) is 11.5 Å². The molecular weight excluding hydrogens is 545 g/mol. The topological polar surface area (TPSA) is 73.2 Å². The summed E-state index contributed by atoms with van der Waals surface area (Å²) in [6.45, 7) is 1.79. The van der Waals surface area contributed by atoms with Gasteiger partial charge in [0, 0.05) is 25.2 Å². The molecule has 2 aliphatic heterocycles. The highest BCUT2D eigenvalue weighted by Gasteiger charge is 2.73. The Labute approximate surface area is 237 Å². The summed E-state index contributed by atoms with van der Waals surface area (Å²) in [4.78, 5) is 17.5. The number of aromatic hydroxyl groups is 1. The molecule has 1 saturated heterocycles. The number of carbonyl (C=O) groups is 1. The van der Waals surface area contributed by atoms with E-state index in [1.54, 1.807) is 18.0 Å². The molecule has 0 unspecified atom stereocenters. The van der Waals surface area contributed by atoms with Crippen LogP contribution < -0.4 is 4.74 Å². The summed E-state index contributed by atoms with van der Waals surface area (Å²) >= 11 is 0. The highest BCUT2D eigenvalue weighted by Crippen LogP contribution is 2.66. The standard InChI is InChI=1S/C30H33F3N2O4.ClH/c1-34(24(37)14-18-3-2-4-20(13-18)30(31,32)33)21-9-10-29(38)23-15-19-7-8-22(36)26-25(19)28(29,27(21)39-26)11-12-35(23)16-17-5-6-17;/h2-4,7-8,13,17,21,23,27,36,38H,5-6,9-12,14-16H2,1H3;1H/t21-,23-,27+,28+,29-;/m1./s1. The second kappa shape index (κ2) is 9.26. The van der Waals surface area contributed by atoms with Crippen molar-refractivity contribution in [2.24, 2.45) is 5.92 Å². The van der Waals surface area contributed by atoms with Crippen molar-refractivity contribution in [1.29, 1.82) is 0 Å². The van der Waals surface area contributed by atoms with Crippen LogP contribution in [-0.2, 0) is 29.2 Å². The van der Waals surface area contributed by atoms with Crippen LogP contribution in [0.2, 0.25) is 0 Å². The van der Waals surface area contributed by atoms with E-state index in [0.717, 1.165) is 36.3 Å². The van der Waals surface area contributed by atoms with Crippen LogP contribution >= 0.6 is 12.4 Å². The highest BCUT2D eigenvalue weighted by molar-refractivity contribution is 5.85. The molecule has 10 heteroatoms. The van der Waals surface area contributed by atoms with Gasteiger partial charge >= 0.3 is 6.18 Å². The highest BCUT2D eigenvalue weighted by atomic mass is 35.5. The molecule has 1 amide bonds. The molecule has 1 spiro atoms. The smallest absolute Gasteiger partial charge is 0.416 e. The Hall–Kier alpha value is -2.49. The molecule has 216 valence electrons. The molecule has 2 saturated carbocycles. The minimum Gasteiger partial charge on any atom is -0.504 e. The monoisotopic (exact) mass is 578 g/mol. The number of aliphatic hydroxyl groups is 1. The summed E-state index contributed by atoms with van der Waals surface area (Å²) in [5.41, 5.74) is -0.319. The van der Waals surface area contributed by atoms with Crippen LogP contribution in [0.25, 0.3) is 0 Å². The molecule has 2 bridgehead atoms. The largest absolute Gasteiger partial charge is 0.504 e. The Bertz CT molecular complexity index is 1350. The van der Waals surface area contributed by atoms with E-state index in [2.05, 4.69) is 4.90 Å². The average Bonchev–Trinajstić information content (AvgIpc) is 3.63. The minimum absolute atomic E-state index is 0. The molecule has 3 aliphatic carbocycles. The minimum atomic E-state index is -4.48. The summed E-state index contributed by atoms with van der Waals surface area (Å²) in [6, 6.07) is 8.03. The van der Waals surface area contributed by atoms with Crippen molar-refractivity contribution in [2.45, 2.75) is 80.3 Å². The number of phenols is 1. The molecule has 5 atom stereocenters. The van der Waals surface area contributed by atoms with Gasteiger partial charge in [-0.25, -0.2) is 0 Å². The third-order valence-corrected chi connectivity index (χ3v) is 10.2. The van der Waals surface area contributed by atoms with E-state index in [0.29, 0.717) is 42.9 Å². The Morgan fingerprint density at radius 3 is 2.67 bits per heavy atom. The molecule has 3 fully saturated rings. The summed E-state index contributed by atoms with van der Waals surface area (Å²) in [7, 11) is 1.68. The van der Waals surface area contributed by atoms with E-state index in [1.165, 1.54) is 25.0 Å². The molecule has 2 aromatic rings. The fourth-order valence-corrected chi connectivity index (χ4v) is 8.19. The second-order valence-electron chi connectivity index (χ2n) is 12.3. The summed E-state index contributed by atoms with van der Waals surface area (Å²) in [5, 5.41) is 23.4. The van der Waals surface area contributed by atoms with Crippen LogP contribution in [0, 0.1) is 5.92 Å². The summed E-state index contributed by atoms with van der Waals surface area (Å²) in [6.07, 6.45) is -0.396. The number of hydrogen-bond acceptors (Lipinski definition) is 5. The maximum absolute atomic E-state index is 13.5. The van der Waals surface area contributed by atoms with E-state index in [-0.39, 0.29) is 36.5 Å². The zero-order valence-electron chi connectivity index (χ0n) is 22.3. The zero-order chi connectivity index (χ0) is 27.3. The van der Waals surface area contributed by atoms with Crippen molar-refractivity contribution in [1.82, 2.24) is 9.80 Å². The third kappa shape index (κ3) is 3.87. The van der Waals surface area contributed by atoms with Crippen LogP contribution in [0.15, 0.2) is 36.4 Å². The second-order valence-corrected chi connectivity index (χ2v) is 12.3. The molecular formula is C30H34ClF3N2O4. The van der Waals surface area contributed by atoms with Crippen molar-refractivity contribution < 1.29 is 32.9 Å². The Morgan fingerprint density at radius 2 is 1.95 bits per heavy atom. The number of piperidine rings is 1. The fraction of sp³-hybridized carbons (Fsp3) is 0.567. The number of alkyl halides is 3. The number of phenolic OH excluding ortho intramolecular Hbond substituents is 1. The van der Waals surface area contributed by atoms with Gasteiger partial charge in [0.1, 0.15) is 6.10 Å². The maximum atomic E-state index is 13.5. The number of likely N-dealkylation sites (tertiary alicyclic amines) is 1. The molecule has 0 radical (unpaired) electrons. The molecule has 7 rings (SSSR count). The fourth-order valence-electron chi connectivity index (χ4n) is 8.19. The van der Waals surface area contributed by atoms with Crippen LogP contribution in [0.4, 0.5) is 13.2 Å². The zero-order valence-corrected chi connectivity index (χ0v) is 23.1. The number of rotatable bonds is 5. The normalized spacial score (nSPS) is 32.1. The summed E-state index contributed by atoms with van der Waals surface area (Å²) < 4.78 is 46.2. The molecule has 40 heavy (non-hydrogen) atoms. The van der Waals surface area contributed by atoms with Crippen molar-refractivity contribution in [2.75, 3.05) is 20.1 Å². The predicted octanol–water partition coefficient (Wildman–Crippen LogP) is 4.47. The number of likely N-dealkylation sites (N-methyl/N-ethyl adjacent to an activating group) is 1. The first-order valence-corrected chi connectivity index (χ1v) is 13.9. The first kappa shape index (κ1) is 27.7. The van der Waals surface area contributed by atoms with Gasteiger partial charge in [0.05, 0.1) is 29.0 Å². The van der Waals surface area contributed by atoms with Crippen molar-refractivity contribution in [3.05, 3.63) is 58.7 Å². The SMILES string of the molecule is CN(C(=O)Cc1cccc(C(F)(F)F)c1)[C@@H]1CC[C@@]2(O)[C@H]3Cc4ccc(O)c5c4[C@@]2(CCN3CC2CC2)[C@H]1O5.Cl. The lowest BCUT2D eigenvalue weighted by atomic mass is 9.48. The Morgan fingerprint density at radius 1 is 1.18 bits per heavy atom. The van der Waals surface area contributed by atoms with Gasteiger partial charge in [-0.1, -0.05) is 24.3 Å². The first-order valence-electron chi connectivity index (χ1n) is 13.9. The van der Waals surface area contributed by atoms with Crippen LogP contribution in [-0.4, -0.2) is 69.8 Å². The van der Waals surface area contributed by atoms with Gasteiger partial charge in [-0.2, -0.15) is 13.2 Å². The van der Waals surface area contributed by atoms with Gasteiger partial charge in [0.2, 0.25) is 5.91 Å². The van der Waals surface area contributed by atoms with Crippen molar-refractivity contribution >= 4 is 18.3 Å². The number of ether oxygens (including phenoxy) is 1. The molecule has 2 aromatic carbocycles. The lowest BCUT2D eigenvalue weighted by Crippen LogP contribution is -2.78. The number of hydrogen-bond donors (Lipinski definition) is 2. The number of halogens is 4. The number of nitrogens with zero attached hydrogens (tertiary/aromatic N) is 2. The molecule has 0 aromatic heterocycles. The summed E-state index contributed by atoms with van der Waals surface area (Å²) in [5.74, 6) is 0.834. The first-order chi connectivity index (χ1) is 18.5. The third-order valence-electron chi connectivity index (χ3n) is 10.2. The number of amides is 1.